The van der Waals surface area contributed by atoms with Gasteiger partial charge in [0, 0.05) is 19.3 Å². The van der Waals surface area contributed by atoms with Crippen LogP contribution >= 0.6 is 11.3 Å². The minimum atomic E-state index is -0.786. The van der Waals surface area contributed by atoms with E-state index < -0.39 is 18.3 Å². The summed E-state index contributed by atoms with van der Waals surface area (Å²) in [5.41, 5.74) is 4.61. The SMILES string of the molecule is O=C(NCc1cccc(F)c1)O[C@@H]1[C@@H](O)CN[C@@H]1Cc1ccc(-c2cncs2)cc1. The van der Waals surface area contributed by atoms with Crippen molar-refractivity contribution in [3.05, 3.63) is 77.2 Å². The standard InChI is InChI=1S/C22H22FN3O3S/c23-17-3-1-2-15(8-17)10-26-22(28)29-21-18(25-11-19(21)27)9-14-4-6-16(7-5-14)20-12-24-13-30-20/h1-8,12-13,18-19,21,25,27H,9-11H2,(H,26,28)/t18-,19+,21+/m1/s1. The number of aliphatic hydroxyl groups is 1. The van der Waals surface area contributed by atoms with Crippen molar-refractivity contribution in [3.8, 4) is 10.4 Å². The van der Waals surface area contributed by atoms with E-state index in [4.69, 9.17) is 4.74 Å². The molecule has 0 bridgehead atoms. The number of amides is 1. The number of rotatable bonds is 6. The summed E-state index contributed by atoms with van der Waals surface area (Å²) in [4.78, 5) is 17.4. The van der Waals surface area contributed by atoms with Crippen molar-refractivity contribution in [2.75, 3.05) is 6.54 Å². The Morgan fingerprint density at radius 1 is 1.27 bits per heavy atom. The molecule has 8 heteroatoms. The topological polar surface area (TPSA) is 83.5 Å². The molecule has 6 nitrogen and oxygen atoms in total. The van der Waals surface area contributed by atoms with Gasteiger partial charge < -0.3 is 20.5 Å². The number of carbonyl (C=O) groups is 1. The second-order valence-electron chi connectivity index (χ2n) is 7.20. The van der Waals surface area contributed by atoms with Crippen LogP contribution in [0.25, 0.3) is 10.4 Å². The zero-order valence-electron chi connectivity index (χ0n) is 16.1. The number of thiazole rings is 1. The number of ether oxygens (including phenoxy) is 1. The Morgan fingerprint density at radius 3 is 2.83 bits per heavy atom. The summed E-state index contributed by atoms with van der Waals surface area (Å²) in [6, 6.07) is 13.9. The van der Waals surface area contributed by atoms with Gasteiger partial charge in [-0.2, -0.15) is 0 Å². The Labute approximate surface area is 177 Å². The van der Waals surface area contributed by atoms with Gasteiger partial charge in [-0.05, 0) is 35.2 Å². The molecule has 0 unspecified atom stereocenters. The Kier molecular flexibility index (Phi) is 6.37. The number of hydrogen-bond donors (Lipinski definition) is 3. The van der Waals surface area contributed by atoms with Gasteiger partial charge in [-0.25, -0.2) is 9.18 Å². The van der Waals surface area contributed by atoms with Crippen LogP contribution in [0.5, 0.6) is 0 Å². The Balaban J connectivity index is 1.33. The second-order valence-corrected chi connectivity index (χ2v) is 8.09. The first-order valence-corrected chi connectivity index (χ1v) is 10.5. The van der Waals surface area contributed by atoms with Crippen LogP contribution < -0.4 is 10.6 Å². The average molecular weight is 428 g/mol. The molecule has 1 fully saturated rings. The predicted molar refractivity (Wildman–Crippen MR) is 113 cm³/mol. The maximum atomic E-state index is 13.2. The third-order valence-electron chi connectivity index (χ3n) is 5.06. The lowest BCUT2D eigenvalue weighted by molar-refractivity contribution is 0.0188. The van der Waals surface area contributed by atoms with E-state index in [1.807, 2.05) is 30.5 Å². The van der Waals surface area contributed by atoms with E-state index in [0.717, 1.165) is 16.0 Å². The minimum absolute atomic E-state index is 0.149. The van der Waals surface area contributed by atoms with Crippen LogP contribution in [0.15, 0.2) is 60.2 Å². The average Bonchev–Trinajstić information content (AvgIpc) is 3.39. The van der Waals surface area contributed by atoms with Gasteiger partial charge in [-0.15, -0.1) is 11.3 Å². The number of nitrogens with one attached hydrogen (secondary N) is 2. The molecule has 1 aliphatic rings. The first kappa shape index (κ1) is 20.5. The molecule has 0 spiro atoms. The van der Waals surface area contributed by atoms with Crippen LogP contribution in [0.3, 0.4) is 0 Å². The number of nitrogens with zero attached hydrogens (tertiary/aromatic N) is 1. The zero-order chi connectivity index (χ0) is 20.9. The monoisotopic (exact) mass is 427 g/mol. The van der Waals surface area contributed by atoms with Crippen molar-refractivity contribution in [1.29, 1.82) is 0 Å². The van der Waals surface area contributed by atoms with Gasteiger partial charge >= 0.3 is 6.09 Å². The Morgan fingerprint density at radius 2 is 2.10 bits per heavy atom. The number of hydrogen-bond acceptors (Lipinski definition) is 6. The Hall–Kier alpha value is -2.81. The molecule has 3 atom stereocenters. The van der Waals surface area contributed by atoms with Gasteiger partial charge in [0.1, 0.15) is 18.0 Å². The molecule has 2 heterocycles. The van der Waals surface area contributed by atoms with E-state index in [-0.39, 0.29) is 18.4 Å². The van der Waals surface area contributed by atoms with E-state index in [1.54, 1.807) is 29.0 Å². The number of aromatic nitrogens is 1. The van der Waals surface area contributed by atoms with Crippen LogP contribution in [0.1, 0.15) is 11.1 Å². The van der Waals surface area contributed by atoms with E-state index in [1.165, 1.54) is 12.1 Å². The van der Waals surface area contributed by atoms with Crippen molar-refractivity contribution in [1.82, 2.24) is 15.6 Å². The van der Waals surface area contributed by atoms with Crippen molar-refractivity contribution in [2.45, 2.75) is 31.2 Å². The highest BCUT2D eigenvalue weighted by atomic mass is 32.1. The molecule has 3 aromatic rings. The smallest absolute Gasteiger partial charge is 0.407 e. The number of halogens is 1. The van der Waals surface area contributed by atoms with Gasteiger partial charge in [-0.1, -0.05) is 36.4 Å². The van der Waals surface area contributed by atoms with Crippen molar-refractivity contribution in [2.24, 2.45) is 0 Å². The molecule has 30 heavy (non-hydrogen) atoms. The molecule has 1 amide bonds. The molecule has 4 rings (SSSR count). The maximum absolute atomic E-state index is 13.2. The van der Waals surface area contributed by atoms with Crippen LogP contribution in [-0.2, 0) is 17.7 Å². The quantitative estimate of drug-likeness (QED) is 0.563. The molecule has 156 valence electrons. The lowest BCUT2D eigenvalue weighted by Crippen LogP contribution is -2.41. The lowest BCUT2D eigenvalue weighted by atomic mass is 10.0. The molecular weight excluding hydrogens is 405 g/mol. The summed E-state index contributed by atoms with van der Waals surface area (Å²) in [6.45, 7) is 0.502. The van der Waals surface area contributed by atoms with Crippen LogP contribution in [0, 0.1) is 5.82 Å². The maximum Gasteiger partial charge on any atom is 0.407 e. The minimum Gasteiger partial charge on any atom is -0.442 e. The fraction of sp³-hybridized carbons (Fsp3) is 0.273. The first-order valence-electron chi connectivity index (χ1n) is 9.66. The number of alkyl carbamates (subject to hydrolysis) is 1. The van der Waals surface area contributed by atoms with Crippen LogP contribution in [-0.4, -0.2) is 41.0 Å². The predicted octanol–water partition coefficient (Wildman–Crippen LogP) is 3.12. The summed E-state index contributed by atoms with van der Waals surface area (Å²) < 4.78 is 18.7. The highest BCUT2D eigenvalue weighted by Gasteiger charge is 2.37. The van der Waals surface area contributed by atoms with Gasteiger partial charge in [0.2, 0.25) is 0 Å². The summed E-state index contributed by atoms with van der Waals surface area (Å²) in [5.74, 6) is -0.362. The molecule has 1 aromatic heterocycles. The van der Waals surface area contributed by atoms with Crippen molar-refractivity contribution >= 4 is 17.4 Å². The summed E-state index contributed by atoms with van der Waals surface area (Å²) in [5, 5.41) is 16.1. The van der Waals surface area contributed by atoms with Crippen molar-refractivity contribution in [3.63, 3.8) is 0 Å². The lowest BCUT2D eigenvalue weighted by Gasteiger charge is -2.22. The fourth-order valence-corrected chi connectivity index (χ4v) is 4.15. The van der Waals surface area contributed by atoms with E-state index in [0.29, 0.717) is 18.5 Å². The number of aliphatic hydroxyl groups excluding tert-OH is 1. The summed E-state index contributed by atoms with van der Waals surface area (Å²) in [7, 11) is 0. The van der Waals surface area contributed by atoms with Crippen molar-refractivity contribution < 1.29 is 19.0 Å². The van der Waals surface area contributed by atoms with Crippen LogP contribution in [0.2, 0.25) is 0 Å². The summed E-state index contributed by atoms with van der Waals surface area (Å²) in [6.07, 6.45) is 0.352. The molecule has 1 saturated heterocycles. The second kappa shape index (κ2) is 9.34. The highest BCUT2D eigenvalue weighted by Crippen LogP contribution is 2.24. The molecule has 0 radical (unpaired) electrons. The first-order chi connectivity index (χ1) is 14.6. The molecule has 0 saturated carbocycles. The molecule has 2 aromatic carbocycles. The van der Waals surface area contributed by atoms with Gasteiger partial charge in [0.15, 0.2) is 0 Å². The number of β-amino-alcohol motifs (C(OH)–C–C–N with tert-alkyl or cyclic N) is 1. The third-order valence-corrected chi connectivity index (χ3v) is 5.88. The van der Waals surface area contributed by atoms with E-state index in [2.05, 4.69) is 15.6 Å². The van der Waals surface area contributed by atoms with Gasteiger partial charge in [0.05, 0.1) is 16.4 Å². The third kappa shape index (κ3) is 5.02. The van der Waals surface area contributed by atoms with Gasteiger partial charge in [-0.3, -0.25) is 4.98 Å². The number of benzene rings is 2. The molecular formula is C22H22FN3O3S. The molecule has 3 N–H and O–H groups in total. The number of carbonyl (C=O) groups excluding carboxylic acids is 1. The highest BCUT2D eigenvalue weighted by molar-refractivity contribution is 7.13. The molecule has 0 aliphatic carbocycles. The normalized spacial score (nSPS) is 20.8. The van der Waals surface area contributed by atoms with Gasteiger partial charge in [0.25, 0.3) is 0 Å². The van der Waals surface area contributed by atoms with E-state index in [9.17, 15) is 14.3 Å². The van der Waals surface area contributed by atoms with E-state index >= 15 is 0 Å². The molecule has 1 aliphatic heterocycles. The Bertz CT molecular complexity index is 982. The summed E-state index contributed by atoms with van der Waals surface area (Å²) >= 11 is 1.58. The van der Waals surface area contributed by atoms with Crippen LogP contribution in [0.4, 0.5) is 9.18 Å². The fourth-order valence-electron chi connectivity index (χ4n) is 3.53. The largest absolute Gasteiger partial charge is 0.442 e. The zero-order valence-corrected chi connectivity index (χ0v) is 16.9.